The molecule has 0 saturated heterocycles. The van der Waals surface area contributed by atoms with E-state index in [1.165, 1.54) is 5.56 Å². The molecule has 0 radical (unpaired) electrons. The van der Waals surface area contributed by atoms with Gasteiger partial charge in [0.1, 0.15) is 0 Å². The van der Waals surface area contributed by atoms with E-state index in [0.29, 0.717) is 4.90 Å². The van der Waals surface area contributed by atoms with Crippen molar-refractivity contribution in [3.05, 3.63) is 46.3 Å². The van der Waals surface area contributed by atoms with Gasteiger partial charge in [-0.1, -0.05) is 6.07 Å². The molecule has 0 spiro atoms. The van der Waals surface area contributed by atoms with Gasteiger partial charge in [0.2, 0.25) is 10.0 Å². The third-order valence-corrected chi connectivity index (χ3v) is 5.88. The van der Waals surface area contributed by atoms with Crippen molar-refractivity contribution in [2.45, 2.75) is 44.6 Å². The average Bonchev–Trinajstić information content (AvgIpc) is 3.02. The van der Waals surface area contributed by atoms with Gasteiger partial charge in [-0.15, -0.1) is 0 Å². The molecule has 1 N–H and O–H groups in total. The Bertz CT molecular complexity index is 822. The Morgan fingerprint density at radius 1 is 1.23 bits per heavy atom. The van der Waals surface area contributed by atoms with Gasteiger partial charge < -0.3 is 0 Å². The van der Waals surface area contributed by atoms with E-state index in [9.17, 15) is 8.42 Å². The number of sulfonamides is 1. The van der Waals surface area contributed by atoms with Gasteiger partial charge in [0.25, 0.3) is 0 Å². The summed E-state index contributed by atoms with van der Waals surface area (Å²) in [6.45, 7) is 4.11. The van der Waals surface area contributed by atoms with Gasteiger partial charge in [-0.05, 0) is 56.4 Å². The molecule has 0 unspecified atom stereocenters. The molecule has 0 bridgehead atoms. The van der Waals surface area contributed by atoms with Gasteiger partial charge in [0.05, 0.1) is 10.6 Å². The number of nitrogens with one attached hydrogen (secondary N) is 1. The van der Waals surface area contributed by atoms with Crippen molar-refractivity contribution in [2.24, 2.45) is 7.05 Å². The quantitative estimate of drug-likeness (QED) is 0.937. The first kappa shape index (κ1) is 15.2. The van der Waals surface area contributed by atoms with Crippen LogP contribution in [0.25, 0.3) is 0 Å². The molecule has 0 fully saturated rings. The minimum absolute atomic E-state index is 0.269. The van der Waals surface area contributed by atoms with Gasteiger partial charge in [-0.25, -0.2) is 13.1 Å². The lowest BCUT2D eigenvalue weighted by Crippen LogP contribution is -2.24. The summed E-state index contributed by atoms with van der Waals surface area (Å²) < 4.78 is 29.5. The lowest BCUT2D eigenvalue weighted by Gasteiger charge is -2.09. The normalized spacial score (nSPS) is 14.3. The molecular weight excluding hydrogens is 298 g/mol. The molecule has 118 valence electrons. The highest BCUT2D eigenvalue weighted by Gasteiger charge is 2.19. The second-order valence-electron chi connectivity index (χ2n) is 5.88. The van der Waals surface area contributed by atoms with Gasteiger partial charge in [0, 0.05) is 24.8 Å². The van der Waals surface area contributed by atoms with E-state index in [4.69, 9.17) is 0 Å². The van der Waals surface area contributed by atoms with Crippen molar-refractivity contribution >= 4 is 10.0 Å². The highest BCUT2D eigenvalue weighted by atomic mass is 32.2. The lowest BCUT2D eigenvalue weighted by atomic mass is 10.1. The summed E-state index contributed by atoms with van der Waals surface area (Å²) in [6, 6.07) is 5.46. The van der Waals surface area contributed by atoms with Gasteiger partial charge in [0.15, 0.2) is 0 Å². The molecule has 0 saturated carbocycles. The molecule has 2 aromatic rings. The van der Waals surface area contributed by atoms with Gasteiger partial charge >= 0.3 is 0 Å². The highest BCUT2D eigenvalue weighted by Crippen LogP contribution is 2.24. The molecule has 1 aliphatic rings. The third kappa shape index (κ3) is 2.68. The standard InChI is InChI=1S/C16H21N3O2S/c1-11-16(12(2)19(3)18-11)10-17-22(20,21)15-8-7-13-5-4-6-14(13)9-15/h7-9,17H,4-6,10H2,1-3H3. The van der Waals surface area contributed by atoms with E-state index in [2.05, 4.69) is 9.82 Å². The lowest BCUT2D eigenvalue weighted by molar-refractivity contribution is 0.581. The average molecular weight is 319 g/mol. The van der Waals surface area contributed by atoms with Crippen molar-refractivity contribution < 1.29 is 8.42 Å². The second kappa shape index (κ2) is 5.52. The Balaban J connectivity index is 1.82. The molecule has 22 heavy (non-hydrogen) atoms. The fraction of sp³-hybridized carbons (Fsp3) is 0.438. The Morgan fingerprint density at radius 2 is 1.95 bits per heavy atom. The molecule has 1 heterocycles. The fourth-order valence-corrected chi connectivity index (χ4v) is 4.08. The number of rotatable bonds is 4. The SMILES string of the molecule is Cc1nn(C)c(C)c1CNS(=O)(=O)c1ccc2c(c1)CCC2. The van der Waals surface area contributed by atoms with Crippen molar-refractivity contribution in [1.82, 2.24) is 14.5 Å². The van der Waals surface area contributed by atoms with E-state index in [-0.39, 0.29) is 6.54 Å². The molecule has 0 aliphatic heterocycles. The monoisotopic (exact) mass is 319 g/mol. The predicted octanol–water partition coefficient (Wildman–Crippen LogP) is 2.00. The molecule has 1 aromatic carbocycles. The Labute approximate surface area is 131 Å². The molecule has 6 heteroatoms. The van der Waals surface area contributed by atoms with Crippen LogP contribution < -0.4 is 4.72 Å². The first-order valence-electron chi connectivity index (χ1n) is 7.49. The minimum atomic E-state index is -3.49. The second-order valence-corrected chi connectivity index (χ2v) is 7.65. The maximum atomic E-state index is 12.5. The number of benzene rings is 1. The van der Waals surface area contributed by atoms with Crippen molar-refractivity contribution in [2.75, 3.05) is 0 Å². The Hall–Kier alpha value is -1.66. The summed E-state index contributed by atoms with van der Waals surface area (Å²) in [5.74, 6) is 0. The zero-order valence-electron chi connectivity index (χ0n) is 13.2. The van der Waals surface area contributed by atoms with E-state index >= 15 is 0 Å². The summed E-state index contributed by atoms with van der Waals surface area (Å²) in [5.41, 5.74) is 5.22. The van der Waals surface area contributed by atoms with Crippen molar-refractivity contribution in [1.29, 1.82) is 0 Å². The van der Waals surface area contributed by atoms with Gasteiger partial charge in [-0.3, -0.25) is 4.68 Å². The smallest absolute Gasteiger partial charge is 0.240 e. The molecular formula is C16H21N3O2S. The zero-order chi connectivity index (χ0) is 15.9. The molecule has 1 aliphatic carbocycles. The van der Waals surface area contributed by atoms with Crippen LogP contribution in [0.3, 0.4) is 0 Å². The maximum Gasteiger partial charge on any atom is 0.240 e. The van der Waals surface area contributed by atoms with Crippen molar-refractivity contribution in [3.63, 3.8) is 0 Å². The summed E-state index contributed by atoms with van der Waals surface area (Å²) in [7, 11) is -1.63. The van der Waals surface area contributed by atoms with E-state index in [1.807, 2.05) is 33.0 Å². The number of hydrogen-bond acceptors (Lipinski definition) is 3. The number of fused-ring (bicyclic) bond motifs is 1. The molecule has 0 amide bonds. The number of aromatic nitrogens is 2. The summed E-state index contributed by atoms with van der Waals surface area (Å²) in [6.07, 6.45) is 3.14. The van der Waals surface area contributed by atoms with Crippen LogP contribution >= 0.6 is 0 Å². The largest absolute Gasteiger partial charge is 0.272 e. The van der Waals surface area contributed by atoms with Crippen LogP contribution in [-0.2, 0) is 36.5 Å². The van der Waals surface area contributed by atoms with E-state index in [1.54, 1.807) is 10.7 Å². The van der Waals surface area contributed by atoms with Crippen LogP contribution in [-0.4, -0.2) is 18.2 Å². The van der Waals surface area contributed by atoms with E-state index < -0.39 is 10.0 Å². The Morgan fingerprint density at radius 3 is 2.64 bits per heavy atom. The van der Waals surface area contributed by atoms with Crippen LogP contribution in [0.15, 0.2) is 23.1 Å². The van der Waals surface area contributed by atoms with Crippen LogP contribution in [0.1, 0.15) is 34.5 Å². The number of aryl methyl sites for hydroxylation is 4. The molecule has 0 atom stereocenters. The Kier molecular flexibility index (Phi) is 3.82. The zero-order valence-corrected chi connectivity index (χ0v) is 14.0. The summed E-state index contributed by atoms with van der Waals surface area (Å²) >= 11 is 0. The van der Waals surface area contributed by atoms with E-state index in [0.717, 1.165) is 41.8 Å². The number of hydrogen-bond donors (Lipinski definition) is 1. The van der Waals surface area contributed by atoms with Crippen LogP contribution in [0.4, 0.5) is 0 Å². The fourth-order valence-electron chi connectivity index (χ4n) is 3.04. The molecule has 1 aromatic heterocycles. The highest BCUT2D eigenvalue weighted by molar-refractivity contribution is 7.89. The molecule has 3 rings (SSSR count). The minimum Gasteiger partial charge on any atom is -0.272 e. The summed E-state index contributed by atoms with van der Waals surface area (Å²) in [4.78, 5) is 0.354. The van der Waals surface area contributed by atoms with Gasteiger partial charge in [-0.2, -0.15) is 5.10 Å². The maximum absolute atomic E-state index is 12.5. The predicted molar refractivity (Wildman–Crippen MR) is 85.2 cm³/mol. The third-order valence-electron chi connectivity index (χ3n) is 4.48. The number of nitrogens with zero attached hydrogens (tertiary/aromatic N) is 2. The summed E-state index contributed by atoms with van der Waals surface area (Å²) in [5, 5.41) is 4.31. The topological polar surface area (TPSA) is 64.0 Å². The first-order valence-corrected chi connectivity index (χ1v) is 8.97. The first-order chi connectivity index (χ1) is 10.4. The van der Waals surface area contributed by atoms with Crippen LogP contribution in [0, 0.1) is 13.8 Å². The molecule has 5 nitrogen and oxygen atoms in total. The van der Waals surface area contributed by atoms with Crippen LogP contribution in [0.2, 0.25) is 0 Å². The van der Waals surface area contributed by atoms with Crippen molar-refractivity contribution in [3.8, 4) is 0 Å². The van der Waals surface area contributed by atoms with Crippen LogP contribution in [0.5, 0.6) is 0 Å².